The number of piperidine rings is 1. The number of nitriles is 1. The van der Waals surface area contributed by atoms with Crippen LogP contribution in [0.15, 0.2) is 48.8 Å². The number of halogens is 2. The fourth-order valence-corrected chi connectivity index (χ4v) is 3.79. The molecule has 1 aromatic carbocycles. The van der Waals surface area contributed by atoms with Crippen LogP contribution in [0.4, 0.5) is 20.3 Å². The maximum Gasteiger partial charge on any atom is 0.254 e. The highest BCUT2D eigenvalue weighted by Crippen LogP contribution is 2.30. The van der Waals surface area contributed by atoms with Crippen molar-refractivity contribution in [2.24, 2.45) is 11.7 Å². The van der Waals surface area contributed by atoms with Gasteiger partial charge < -0.3 is 11.1 Å². The lowest BCUT2D eigenvalue weighted by atomic mass is 9.93. The van der Waals surface area contributed by atoms with Gasteiger partial charge in [-0.05, 0) is 49.4 Å². The van der Waals surface area contributed by atoms with Crippen LogP contribution in [0.2, 0.25) is 0 Å². The second-order valence-electron chi connectivity index (χ2n) is 7.66. The number of hydrogen-bond acceptors (Lipinski definition) is 6. The maximum atomic E-state index is 13.2. The van der Waals surface area contributed by atoms with Gasteiger partial charge in [0.05, 0.1) is 29.9 Å². The molecule has 3 aromatic rings. The number of nitrogens with one attached hydrogen (secondary N) is 1. The van der Waals surface area contributed by atoms with Crippen LogP contribution in [0.5, 0.6) is 0 Å². The lowest BCUT2D eigenvalue weighted by Crippen LogP contribution is -2.41. The van der Waals surface area contributed by atoms with Gasteiger partial charge in [-0.25, -0.2) is 8.78 Å². The molecule has 32 heavy (non-hydrogen) atoms. The summed E-state index contributed by atoms with van der Waals surface area (Å²) in [6.45, 7) is 1.67. The summed E-state index contributed by atoms with van der Waals surface area (Å²) in [5.74, 6) is -1.53. The molecule has 10 heteroatoms. The van der Waals surface area contributed by atoms with E-state index in [1.54, 1.807) is 10.7 Å². The van der Waals surface area contributed by atoms with Crippen LogP contribution in [0.25, 0.3) is 0 Å². The van der Waals surface area contributed by atoms with E-state index in [2.05, 4.69) is 26.4 Å². The van der Waals surface area contributed by atoms with Crippen LogP contribution in [-0.4, -0.2) is 38.7 Å². The van der Waals surface area contributed by atoms with Crippen molar-refractivity contribution in [3.63, 3.8) is 0 Å². The molecule has 3 heterocycles. The van der Waals surface area contributed by atoms with E-state index in [-0.39, 0.29) is 29.2 Å². The average molecular weight is 437 g/mol. The molecule has 2 aromatic heterocycles. The number of anilines is 2. The van der Waals surface area contributed by atoms with Crippen molar-refractivity contribution in [3.05, 3.63) is 71.7 Å². The van der Waals surface area contributed by atoms with Gasteiger partial charge in [0, 0.05) is 25.0 Å². The number of pyridine rings is 1. The number of aromatic nitrogens is 3. The molecule has 0 radical (unpaired) electrons. The summed E-state index contributed by atoms with van der Waals surface area (Å²) in [6, 6.07) is 10.6. The Hall–Kier alpha value is -3.84. The van der Waals surface area contributed by atoms with E-state index in [0.29, 0.717) is 31.7 Å². The maximum absolute atomic E-state index is 13.2. The Morgan fingerprint density at radius 1 is 1.22 bits per heavy atom. The van der Waals surface area contributed by atoms with Crippen molar-refractivity contribution >= 4 is 17.4 Å². The molecule has 0 saturated carbocycles. The summed E-state index contributed by atoms with van der Waals surface area (Å²) in [5, 5.41) is 17.1. The molecule has 1 fully saturated rings. The SMILES string of the molecule is N#C[C@@H]1CCN(Cc2ccc(F)cn2)C[C@H]1n1cc(C(N)=O)c(Nc2ccc(F)cc2)n1. The summed E-state index contributed by atoms with van der Waals surface area (Å²) >= 11 is 0. The Labute approximate surface area is 183 Å². The fraction of sp³-hybridized carbons (Fsp3) is 0.273. The molecule has 0 spiro atoms. The summed E-state index contributed by atoms with van der Waals surface area (Å²) < 4.78 is 27.9. The van der Waals surface area contributed by atoms with Crippen molar-refractivity contribution in [1.82, 2.24) is 19.7 Å². The Morgan fingerprint density at radius 3 is 2.62 bits per heavy atom. The van der Waals surface area contributed by atoms with Crippen LogP contribution >= 0.6 is 0 Å². The molecule has 0 aliphatic carbocycles. The molecule has 1 amide bonds. The third-order valence-corrected chi connectivity index (χ3v) is 5.45. The molecule has 0 unspecified atom stereocenters. The standard InChI is InChI=1S/C22H21F2N7O/c23-15-1-4-17(5-2-15)28-22-19(21(26)32)12-31(29-22)20-13-30(8-7-14(20)9-25)11-18-6-3-16(24)10-27-18/h1-6,10,12,14,20H,7-8,11,13H2,(H2,26,32)(H,28,29)/t14-,20+/m0/s1. The average Bonchev–Trinajstić information content (AvgIpc) is 3.21. The number of primary amides is 1. The van der Waals surface area contributed by atoms with Crippen molar-refractivity contribution in [2.75, 3.05) is 18.4 Å². The molecule has 164 valence electrons. The van der Waals surface area contributed by atoms with Crippen LogP contribution in [0, 0.1) is 28.9 Å². The Morgan fingerprint density at radius 2 is 1.97 bits per heavy atom. The number of benzene rings is 1. The van der Waals surface area contributed by atoms with Crippen LogP contribution in [0.1, 0.15) is 28.5 Å². The zero-order valence-electron chi connectivity index (χ0n) is 17.1. The number of nitrogens with zero attached hydrogens (tertiary/aromatic N) is 5. The number of likely N-dealkylation sites (tertiary alicyclic amines) is 1. The van der Waals surface area contributed by atoms with Gasteiger partial charge in [0.1, 0.15) is 17.2 Å². The summed E-state index contributed by atoms with van der Waals surface area (Å²) in [6.07, 6.45) is 3.31. The van der Waals surface area contributed by atoms with Crippen LogP contribution < -0.4 is 11.1 Å². The zero-order chi connectivity index (χ0) is 22.7. The Kier molecular flexibility index (Phi) is 6.09. The second kappa shape index (κ2) is 9.11. The highest BCUT2D eigenvalue weighted by Gasteiger charge is 2.32. The van der Waals surface area contributed by atoms with E-state index in [1.807, 2.05) is 0 Å². The summed E-state index contributed by atoms with van der Waals surface area (Å²) in [7, 11) is 0. The van der Waals surface area contributed by atoms with Crippen LogP contribution in [-0.2, 0) is 6.54 Å². The summed E-state index contributed by atoms with van der Waals surface area (Å²) in [5.41, 5.74) is 6.97. The smallest absolute Gasteiger partial charge is 0.254 e. The van der Waals surface area contributed by atoms with Gasteiger partial charge in [-0.2, -0.15) is 10.4 Å². The number of hydrogen-bond donors (Lipinski definition) is 2. The zero-order valence-corrected chi connectivity index (χ0v) is 17.1. The highest BCUT2D eigenvalue weighted by molar-refractivity contribution is 5.98. The third kappa shape index (κ3) is 4.73. The first-order chi connectivity index (χ1) is 15.4. The molecule has 8 nitrogen and oxygen atoms in total. The first-order valence-electron chi connectivity index (χ1n) is 10.1. The van der Waals surface area contributed by atoms with Crippen molar-refractivity contribution in [3.8, 4) is 6.07 Å². The largest absolute Gasteiger partial charge is 0.365 e. The van der Waals surface area contributed by atoms with Gasteiger partial charge in [-0.1, -0.05) is 0 Å². The Balaban J connectivity index is 1.57. The number of amides is 1. The van der Waals surface area contributed by atoms with Gasteiger partial charge in [0.15, 0.2) is 5.82 Å². The van der Waals surface area contributed by atoms with Gasteiger partial charge in [-0.3, -0.25) is 19.4 Å². The molecule has 1 aliphatic rings. The molecule has 1 saturated heterocycles. The van der Waals surface area contributed by atoms with E-state index < -0.39 is 11.7 Å². The number of nitrogens with two attached hydrogens (primary N) is 1. The van der Waals surface area contributed by atoms with Gasteiger partial charge in [0.25, 0.3) is 5.91 Å². The van der Waals surface area contributed by atoms with Crippen molar-refractivity contribution < 1.29 is 13.6 Å². The highest BCUT2D eigenvalue weighted by atomic mass is 19.1. The molecule has 3 N–H and O–H groups in total. The minimum Gasteiger partial charge on any atom is -0.365 e. The monoisotopic (exact) mass is 437 g/mol. The van der Waals surface area contributed by atoms with Crippen molar-refractivity contribution in [2.45, 2.75) is 19.0 Å². The first-order valence-corrected chi connectivity index (χ1v) is 10.1. The lowest BCUT2D eigenvalue weighted by molar-refractivity contribution is 0.1000. The number of carbonyl (C=O) groups is 1. The molecule has 4 rings (SSSR count). The second-order valence-corrected chi connectivity index (χ2v) is 7.66. The van der Waals surface area contributed by atoms with Crippen LogP contribution in [0.3, 0.4) is 0 Å². The van der Waals surface area contributed by atoms with Crippen molar-refractivity contribution in [1.29, 1.82) is 5.26 Å². The Bertz CT molecular complexity index is 1140. The van der Waals surface area contributed by atoms with Gasteiger partial charge >= 0.3 is 0 Å². The minimum atomic E-state index is -0.669. The number of rotatable bonds is 6. The van der Waals surface area contributed by atoms with E-state index in [1.165, 1.54) is 42.7 Å². The molecule has 1 aliphatic heterocycles. The first kappa shape index (κ1) is 21.4. The third-order valence-electron chi connectivity index (χ3n) is 5.45. The van der Waals surface area contributed by atoms with E-state index >= 15 is 0 Å². The minimum absolute atomic E-state index is 0.170. The van der Waals surface area contributed by atoms with Gasteiger partial charge in [0.2, 0.25) is 0 Å². The molecule has 2 atom stereocenters. The predicted octanol–water partition coefficient (Wildman–Crippen LogP) is 2.99. The fourth-order valence-electron chi connectivity index (χ4n) is 3.79. The van der Waals surface area contributed by atoms with E-state index in [0.717, 1.165) is 5.69 Å². The predicted molar refractivity (Wildman–Crippen MR) is 113 cm³/mol. The van der Waals surface area contributed by atoms with E-state index in [4.69, 9.17) is 5.73 Å². The van der Waals surface area contributed by atoms with Gasteiger partial charge in [-0.15, -0.1) is 0 Å². The molecular weight excluding hydrogens is 416 g/mol. The quantitative estimate of drug-likeness (QED) is 0.613. The molecular formula is C22H21F2N7O. The number of carbonyl (C=O) groups excluding carboxylic acids is 1. The molecule has 0 bridgehead atoms. The van der Waals surface area contributed by atoms with E-state index in [9.17, 15) is 18.8 Å². The summed E-state index contributed by atoms with van der Waals surface area (Å²) in [4.78, 5) is 18.2. The topological polar surface area (TPSA) is 113 Å². The normalized spacial score (nSPS) is 18.8. The lowest BCUT2D eigenvalue weighted by Gasteiger charge is -2.35.